The normalized spacial score (nSPS) is 20.6. The molecule has 1 aliphatic rings. The molecule has 0 bridgehead atoms. The van der Waals surface area contributed by atoms with E-state index in [1.54, 1.807) is 12.3 Å². The molecule has 3 N–H and O–H groups in total. The summed E-state index contributed by atoms with van der Waals surface area (Å²) in [7, 11) is 1.33. The van der Waals surface area contributed by atoms with Crippen molar-refractivity contribution in [1.29, 1.82) is 0 Å². The molecule has 0 aromatic carbocycles. The van der Waals surface area contributed by atoms with Gasteiger partial charge in [0.15, 0.2) is 5.13 Å². The summed E-state index contributed by atoms with van der Waals surface area (Å²) in [5, 5.41) is 8.66. The highest BCUT2D eigenvalue weighted by molar-refractivity contribution is 7.14. The number of thiazole rings is 1. The van der Waals surface area contributed by atoms with Gasteiger partial charge in [0.25, 0.3) is 0 Å². The number of nitrogens with one attached hydrogen (secondary N) is 3. The van der Waals surface area contributed by atoms with Gasteiger partial charge in [-0.3, -0.25) is 4.79 Å². The molecule has 7 nitrogen and oxygen atoms in total. The van der Waals surface area contributed by atoms with Gasteiger partial charge >= 0.3 is 5.97 Å². The van der Waals surface area contributed by atoms with E-state index in [1.165, 1.54) is 18.4 Å². The Bertz CT molecular complexity index is 739. The summed E-state index contributed by atoms with van der Waals surface area (Å²) in [5.74, 6) is -0.384. The maximum absolute atomic E-state index is 12.4. The van der Waals surface area contributed by atoms with Crippen molar-refractivity contribution in [2.45, 2.75) is 25.8 Å². The lowest BCUT2D eigenvalue weighted by atomic mass is 9.92. The van der Waals surface area contributed by atoms with Gasteiger partial charge in [-0.25, -0.2) is 9.78 Å². The quantitative estimate of drug-likeness (QED) is 0.737. The summed E-state index contributed by atoms with van der Waals surface area (Å²) in [6, 6.07) is 2.04. The minimum Gasteiger partial charge on any atom is -0.464 e. The molecular formula is C16H20N4O3S. The van der Waals surface area contributed by atoms with Crippen LogP contribution in [0.4, 0.5) is 5.13 Å². The van der Waals surface area contributed by atoms with E-state index in [4.69, 9.17) is 0 Å². The number of anilines is 1. The largest absolute Gasteiger partial charge is 0.464 e. The van der Waals surface area contributed by atoms with E-state index >= 15 is 0 Å². The Morgan fingerprint density at radius 3 is 3.04 bits per heavy atom. The number of piperidine rings is 1. The van der Waals surface area contributed by atoms with Gasteiger partial charge < -0.3 is 20.4 Å². The van der Waals surface area contributed by atoms with Crippen LogP contribution in [0.3, 0.4) is 0 Å². The second-order valence-corrected chi connectivity index (χ2v) is 6.76. The minimum atomic E-state index is -0.426. The first-order chi connectivity index (χ1) is 11.6. The van der Waals surface area contributed by atoms with Crippen molar-refractivity contribution in [1.82, 2.24) is 15.3 Å². The van der Waals surface area contributed by atoms with Crippen molar-refractivity contribution in [3.63, 3.8) is 0 Å². The van der Waals surface area contributed by atoms with E-state index < -0.39 is 5.97 Å². The average molecular weight is 348 g/mol. The standard InChI is InChI=1S/C16H20N4O3S/c1-9-5-10(3-4-17-9)14(21)20-16-19-13(8-24-16)11-6-12(18-7-11)15(22)23-2/h6-10,17-18H,3-5H2,1-2H3,(H,19,20,21)/t9-,10-/m0/s1. The van der Waals surface area contributed by atoms with Crippen molar-refractivity contribution in [2.75, 3.05) is 19.0 Å². The monoisotopic (exact) mass is 348 g/mol. The average Bonchev–Trinajstić information content (AvgIpc) is 3.23. The molecule has 2 aromatic heterocycles. The second kappa shape index (κ2) is 7.14. The molecule has 1 aliphatic heterocycles. The molecule has 3 rings (SSSR count). The van der Waals surface area contributed by atoms with E-state index in [0.29, 0.717) is 22.6 Å². The van der Waals surface area contributed by atoms with Crippen molar-refractivity contribution in [2.24, 2.45) is 5.92 Å². The van der Waals surface area contributed by atoms with Gasteiger partial charge in [-0.2, -0.15) is 0 Å². The zero-order valence-corrected chi connectivity index (χ0v) is 14.4. The molecule has 2 atom stereocenters. The topological polar surface area (TPSA) is 96.1 Å². The molecule has 1 amide bonds. The summed E-state index contributed by atoms with van der Waals surface area (Å²) >= 11 is 1.37. The van der Waals surface area contributed by atoms with Crippen molar-refractivity contribution in [3.05, 3.63) is 23.3 Å². The maximum Gasteiger partial charge on any atom is 0.354 e. The fourth-order valence-electron chi connectivity index (χ4n) is 2.81. The van der Waals surface area contributed by atoms with E-state index in [9.17, 15) is 9.59 Å². The molecular weight excluding hydrogens is 328 g/mol. The molecule has 0 saturated carbocycles. The summed E-state index contributed by atoms with van der Waals surface area (Å²) in [5.41, 5.74) is 1.86. The highest BCUT2D eigenvalue weighted by atomic mass is 32.1. The molecule has 0 spiro atoms. The van der Waals surface area contributed by atoms with E-state index in [-0.39, 0.29) is 11.8 Å². The van der Waals surface area contributed by atoms with Gasteiger partial charge in [0.1, 0.15) is 5.69 Å². The number of amides is 1. The number of ether oxygens (including phenoxy) is 1. The molecule has 1 saturated heterocycles. The van der Waals surface area contributed by atoms with E-state index in [1.807, 2.05) is 5.38 Å². The van der Waals surface area contributed by atoms with Crippen LogP contribution in [-0.2, 0) is 9.53 Å². The summed E-state index contributed by atoms with van der Waals surface area (Å²) in [6.45, 7) is 2.95. The minimum absolute atomic E-state index is 0.0202. The molecule has 2 aromatic rings. The fraction of sp³-hybridized carbons (Fsp3) is 0.438. The summed E-state index contributed by atoms with van der Waals surface area (Å²) in [4.78, 5) is 31.1. The van der Waals surface area contributed by atoms with Crippen LogP contribution in [0.25, 0.3) is 11.3 Å². The van der Waals surface area contributed by atoms with Gasteiger partial charge in [-0.1, -0.05) is 0 Å². The molecule has 8 heteroatoms. The number of esters is 1. The molecule has 1 fully saturated rings. The zero-order chi connectivity index (χ0) is 17.1. The van der Waals surface area contributed by atoms with Crippen LogP contribution >= 0.6 is 11.3 Å². The van der Waals surface area contributed by atoms with E-state index in [2.05, 4.69) is 32.3 Å². The Labute approximate surface area is 143 Å². The van der Waals surface area contributed by atoms with E-state index in [0.717, 1.165) is 24.9 Å². The van der Waals surface area contributed by atoms with Crippen LogP contribution < -0.4 is 10.6 Å². The Morgan fingerprint density at radius 2 is 2.29 bits per heavy atom. The molecule has 128 valence electrons. The lowest BCUT2D eigenvalue weighted by Crippen LogP contribution is -2.40. The number of hydrogen-bond acceptors (Lipinski definition) is 6. The third-order valence-corrected chi connectivity index (χ3v) is 4.87. The number of aromatic amines is 1. The van der Waals surface area contributed by atoms with Crippen LogP contribution in [0.1, 0.15) is 30.3 Å². The second-order valence-electron chi connectivity index (χ2n) is 5.90. The predicted octanol–water partition coefficient (Wildman–Crippen LogP) is 2.25. The van der Waals surface area contributed by atoms with Crippen LogP contribution in [-0.4, -0.2) is 41.5 Å². The number of aromatic nitrogens is 2. The Morgan fingerprint density at radius 1 is 1.46 bits per heavy atom. The third-order valence-electron chi connectivity index (χ3n) is 4.11. The number of carbonyl (C=O) groups is 2. The molecule has 0 radical (unpaired) electrons. The molecule has 24 heavy (non-hydrogen) atoms. The Hall–Kier alpha value is -2.19. The predicted molar refractivity (Wildman–Crippen MR) is 92.1 cm³/mol. The first-order valence-corrected chi connectivity index (χ1v) is 8.71. The first kappa shape index (κ1) is 16.7. The van der Waals surface area contributed by atoms with Crippen LogP contribution in [0.2, 0.25) is 0 Å². The number of H-pyrrole nitrogens is 1. The maximum atomic E-state index is 12.4. The van der Waals surface area contributed by atoms with Gasteiger partial charge in [0, 0.05) is 29.1 Å². The number of methoxy groups -OCH3 is 1. The van der Waals surface area contributed by atoms with Crippen molar-refractivity contribution < 1.29 is 14.3 Å². The highest BCUT2D eigenvalue weighted by Gasteiger charge is 2.25. The van der Waals surface area contributed by atoms with Crippen molar-refractivity contribution in [3.8, 4) is 11.3 Å². The van der Waals surface area contributed by atoms with Crippen LogP contribution in [0.5, 0.6) is 0 Å². The van der Waals surface area contributed by atoms with Gasteiger partial charge in [0.2, 0.25) is 5.91 Å². The van der Waals surface area contributed by atoms with Crippen LogP contribution in [0.15, 0.2) is 17.6 Å². The zero-order valence-electron chi connectivity index (χ0n) is 13.6. The number of carbonyl (C=O) groups excluding carboxylic acids is 2. The first-order valence-electron chi connectivity index (χ1n) is 7.83. The lowest BCUT2D eigenvalue weighted by molar-refractivity contribution is -0.120. The highest BCUT2D eigenvalue weighted by Crippen LogP contribution is 2.27. The smallest absolute Gasteiger partial charge is 0.354 e. The fourth-order valence-corrected chi connectivity index (χ4v) is 3.53. The third kappa shape index (κ3) is 3.65. The lowest BCUT2D eigenvalue weighted by Gasteiger charge is -2.26. The molecule has 0 aliphatic carbocycles. The van der Waals surface area contributed by atoms with Gasteiger partial charge in [-0.15, -0.1) is 11.3 Å². The van der Waals surface area contributed by atoms with Crippen molar-refractivity contribution >= 4 is 28.3 Å². The number of rotatable bonds is 4. The summed E-state index contributed by atoms with van der Waals surface area (Å²) in [6.07, 6.45) is 3.38. The van der Waals surface area contributed by atoms with Gasteiger partial charge in [-0.05, 0) is 32.4 Å². The Balaban J connectivity index is 1.66. The van der Waals surface area contributed by atoms with Gasteiger partial charge in [0.05, 0.1) is 12.8 Å². The summed E-state index contributed by atoms with van der Waals surface area (Å²) < 4.78 is 4.67. The molecule has 0 unspecified atom stereocenters. The molecule has 3 heterocycles. The van der Waals surface area contributed by atoms with Crippen LogP contribution in [0, 0.1) is 5.92 Å². The number of hydrogen-bond donors (Lipinski definition) is 3. The number of nitrogens with zero attached hydrogens (tertiary/aromatic N) is 1. The Kier molecular flexibility index (Phi) is 4.96. The SMILES string of the molecule is COC(=O)c1cc(-c2csc(NC(=O)[C@H]3CCN[C@@H](C)C3)n2)c[nH]1.